The van der Waals surface area contributed by atoms with Crippen molar-refractivity contribution < 1.29 is 24.2 Å². The molecular formula is C25H30N2O5. The zero-order valence-corrected chi connectivity index (χ0v) is 18.8. The van der Waals surface area contributed by atoms with Gasteiger partial charge in [-0.3, -0.25) is 14.4 Å². The van der Waals surface area contributed by atoms with Gasteiger partial charge in [0.05, 0.1) is 6.10 Å². The highest BCUT2D eigenvalue weighted by atomic mass is 16.5. The summed E-state index contributed by atoms with van der Waals surface area (Å²) < 4.78 is 5.39. The Hall–Kier alpha value is -3.19. The summed E-state index contributed by atoms with van der Waals surface area (Å²) in [7, 11) is 0. The van der Waals surface area contributed by atoms with Crippen molar-refractivity contribution in [1.82, 2.24) is 10.6 Å². The van der Waals surface area contributed by atoms with Gasteiger partial charge in [-0.05, 0) is 55.2 Å². The normalized spacial score (nSPS) is 21.4. The van der Waals surface area contributed by atoms with Crippen molar-refractivity contribution >= 4 is 17.6 Å². The van der Waals surface area contributed by atoms with Crippen LogP contribution in [0.1, 0.15) is 55.1 Å². The molecule has 2 aromatic carbocycles. The van der Waals surface area contributed by atoms with Crippen molar-refractivity contribution in [2.75, 3.05) is 6.61 Å². The third-order valence-corrected chi connectivity index (χ3v) is 6.08. The maximum absolute atomic E-state index is 13.2. The molecule has 7 heteroatoms. The summed E-state index contributed by atoms with van der Waals surface area (Å²) in [6.07, 6.45) is -0.283. The first-order chi connectivity index (χ1) is 15.1. The van der Waals surface area contributed by atoms with Crippen LogP contribution in [0.4, 0.5) is 0 Å². The van der Waals surface area contributed by atoms with Crippen molar-refractivity contribution in [2.24, 2.45) is 0 Å². The number of ether oxygens (including phenoxy) is 1. The second-order valence-electron chi connectivity index (χ2n) is 8.74. The Morgan fingerprint density at radius 3 is 2.28 bits per heavy atom. The highest BCUT2D eigenvalue weighted by Crippen LogP contribution is 2.23. The van der Waals surface area contributed by atoms with Gasteiger partial charge in [-0.1, -0.05) is 38.1 Å². The maximum atomic E-state index is 13.2. The summed E-state index contributed by atoms with van der Waals surface area (Å²) in [5, 5.41) is 15.1. The van der Waals surface area contributed by atoms with Crippen LogP contribution in [-0.4, -0.2) is 47.0 Å². The van der Waals surface area contributed by atoms with E-state index in [2.05, 4.69) is 24.5 Å². The molecule has 0 saturated carbocycles. The molecule has 1 heterocycles. The highest BCUT2D eigenvalue weighted by Gasteiger charge is 2.47. The fraction of sp³-hybridized carbons (Fsp3) is 0.400. The van der Waals surface area contributed by atoms with E-state index in [-0.39, 0.29) is 30.5 Å². The van der Waals surface area contributed by atoms with Gasteiger partial charge in [-0.25, -0.2) is 0 Å². The second-order valence-corrected chi connectivity index (χ2v) is 8.74. The first-order valence-electron chi connectivity index (χ1n) is 10.8. The van der Waals surface area contributed by atoms with Crippen molar-refractivity contribution in [1.29, 1.82) is 0 Å². The zero-order valence-electron chi connectivity index (χ0n) is 18.8. The van der Waals surface area contributed by atoms with Crippen LogP contribution in [-0.2, 0) is 20.7 Å². The van der Waals surface area contributed by atoms with Crippen LogP contribution in [0.15, 0.2) is 48.5 Å². The molecule has 0 radical (unpaired) electrons. The molecule has 3 atom stereocenters. The van der Waals surface area contributed by atoms with E-state index in [1.807, 2.05) is 12.1 Å². The Morgan fingerprint density at radius 2 is 1.75 bits per heavy atom. The number of Topliss-reactive ketones (excluding diaryl/α,β-unsaturated/α-hetero) is 1. The van der Waals surface area contributed by atoms with Crippen LogP contribution in [0.5, 0.6) is 5.75 Å². The molecule has 0 aliphatic carbocycles. The molecule has 3 unspecified atom stereocenters. The van der Waals surface area contributed by atoms with Crippen LogP contribution in [0.2, 0.25) is 0 Å². The van der Waals surface area contributed by atoms with Crippen LogP contribution in [0.25, 0.3) is 0 Å². The number of amides is 2. The van der Waals surface area contributed by atoms with E-state index >= 15 is 0 Å². The van der Waals surface area contributed by atoms with Gasteiger partial charge in [-0.2, -0.15) is 0 Å². The Labute approximate surface area is 188 Å². The van der Waals surface area contributed by atoms with E-state index in [1.165, 1.54) is 12.1 Å². The number of nitrogens with one attached hydrogen (secondary N) is 2. The molecule has 1 aliphatic rings. The summed E-state index contributed by atoms with van der Waals surface area (Å²) in [6, 6.07) is 12.8. The van der Waals surface area contributed by atoms with E-state index in [9.17, 15) is 19.5 Å². The smallest absolute Gasteiger partial charge is 0.251 e. The molecule has 2 aromatic rings. The Balaban J connectivity index is 1.81. The van der Waals surface area contributed by atoms with Crippen LogP contribution >= 0.6 is 0 Å². The van der Waals surface area contributed by atoms with Crippen LogP contribution in [0.3, 0.4) is 0 Å². The molecule has 2 amide bonds. The number of phenols is 1. The van der Waals surface area contributed by atoms with Crippen LogP contribution in [0, 0.1) is 0 Å². The average Bonchev–Trinajstić information content (AvgIpc) is 3.01. The average molecular weight is 439 g/mol. The number of benzene rings is 2. The van der Waals surface area contributed by atoms with Gasteiger partial charge in [0.2, 0.25) is 5.91 Å². The van der Waals surface area contributed by atoms with E-state index in [1.54, 1.807) is 38.1 Å². The van der Waals surface area contributed by atoms with Gasteiger partial charge in [0.15, 0.2) is 5.78 Å². The molecule has 1 fully saturated rings. The molecule has 0 spiro atoms. The van der Waals surface area contributed by atoms with Crippen molar-refractivity contribution in [3.63, 3.8) is 0 Å². The summed E-state index contributed by atoms with van der Waals surface area (Å²) in [5.74, 6) is -0.615. The number of carbonyl (C=O) groups is 3. The third kappa shape index (κ3) is 5.16. The van der Waals surface area contributed by atoms with Crippen LogP contribution < -0.4 is 10.6 Å². The molecule has 3 rings (SSSR count). The lowest BCUT2D eigenvalue weighted by Gasteiger charge is -2.30. The van der Waals surface area contributed by atoms with Gasteiger partial charge in [-0.15, -0.1) is 0 Å². The number of carbonyl (C=O) groups excluding carboxylic acids is 3. The minimum Gasteiger partial charge on any atom is -0.508 e. The number of phenolic OH excluding ortho intramolecular Hbond substituents is 1. The minimum absolute atomic E-state index is 0.0604. The Morgan fingerprint density at radius 1 is 1.12 bits per heavy atom. The highest BCUT2D eigenvalue weighted by molar-refractivity contribution is 6.00. The molecular weight excluding hydrogens is 408 g/mol. The van der Waals surface area contributed by atoms with E-state index in [0.29, 0.717) is 11.5 Å². The lowest BCUT2D eigenvalue weighted by molar-refractivity contribution is -0.130. The second kappa shape index (κ2) is 9.53. The van der Waals surface area contributed by atoms with Gasteiger partial charge < -0.3 is 20.5 Å². The van der Waals surface area contributed by atoms with E-state index < -0.39 is 23.6 Å². The number of hydrogen-bond acceptors (Lipinski definition) is 5. The molecule has 32 heavy (non-hydrogen) atoms. The predicted molar refractivity (Wildman–Crippen MR) is 121 cm³/mol. The summed E-state index contributed by atoms with van der Waals surface area (Å²) in [6.45, 7) is 7.45. The van der Waals surface area contributed by atoms with Gasteiger partial charge in [0.1, 0.15) is 23.9 Å². The lowest BCUT2D eigenvalue weighted by Crippen LogP contribution is -2.60. The number of rotatable bonds is 7. The molecule has 0 bridgehead atoms. The maximum Gasteiger partial charge on any atom is 0.251 e. The summed E-state index contributed by atoms with van der Waals surface area (Å²) in [5.41, 5.74) is 1.15. The van der Waals surface area contributed by atoms with Crippen molar-refractivity contribution in [3.8, 4) is 5.75 Å². The van der Waals surface area contributed by atoms with Crippen molar-refractivity contribution in [2.45, 2.75) is 57.7 Å². The largest absolute Gasteiger partial charge is 0.508 e. The molecule has 0 aromatic heterocycles. The quantitative estimate of drug-likeness (QED) is 0.617. The van der Waals surface area contributed by atoms with E-state index in [4.69, 9.17) is 4.74 Å². The lowest BCUT2D eigenvalue weighted by atomic mass is 9.92. The number of ketones is 1. The molecule has 3 N–H and O–H groups in total. The first kappa shape index (κ1) is 23.5. The fourth-order valence-corrected chi connectivity index (χ4v) is 3.60. The van der Waals surface area contributed by atoms with Gasteiger partial charge >= 0.3 is 0 Å². The molecule has 7 nitrogen and oxygen atoms in total. The topological polar surface area (TPSA) is 105 Å². The van der Waals surface area contributed by atoms with E-state index in [0.717, 1.165) is 11.1 Å². The third-order valence-electron chi connectivity index (χ3n) is 6.08. The SMILES string of the molecule is CC(C)c1ccc(C(=O)NC(Cc2ccc(O)cc2)C(=O)NC2(C)C(=O)COC2C)cc1. The number of hydrogen-bond donors (Lipinski definition) is 3. The number of aromatic hydroxyl groups is 1. The van der Waals surface area contributed by atoms with Crippen molar-refractivity contribution in [3.05, 3.63) is 65.2 Å². The fourth-order valence-electron chi connectivity index (χ4n) is 3.60. The summed E-state index contributed by atoms with van der Waals surface area (Å²) >= 11 is 0. The zero-order chi connectivity index (χ0) is 23.5. The van der Waals surface area contributed by atoms with Gasteiger partial charge in [0.25, 0.3) is 5.91 Å². The molecule has 170 valence electrons. The Kier molecular flexibility index (Phi) is 6.99. The molecule has 1 aliphatic heterocycles. The van der Waals surface area contributed by atoms with Gasteiger partial charge in [0, 0.05) is 12.0 Å². The minimum atomic E-state index is -1.16. The monoisotopic (exact) mass is 438 g/mol. The molecule has 1 saturated heterocycles. The first-order valence-corrected chi connectivity index (χ1v) is 10.8. The Bertz CT molecular complexity index is 984. The standard InChI is InChI=1S/C25H30N2O5/c1-15(2)18-7-9-19(10-8-18)23(30)26-21(13-17-5-11-20(28)12-6-17)24(31)27-25(4)16(3)32-14-22(25)29/h5-12,15-16,21,28H,13-14H2,1-4H3,(H,26,30)(H,27,31). The predicted octanol–water partition coefficient (Wildman–Crippen LogP) is 2.72. The summed E-state index contributed by atoms with van der Waals surface area (Å²) in [4.78, 5) is 38.4.